The number of fused-ring (bicyclic) bond motifs is 8. The topological polar surface area (TPSA) is 44.6 Å². The van der Waals surface area contributed by atoms with Crippen molar-refractivity contribution in [2.24, 2.45) is 22.7 Å². The molecule has 0 amide bonds. The molecular formula is C65H59N5. The first-order valence-electron chi connectivity index (χ1n) is 26.0. The summed E-state index contributed by atoms with van der Waals surface area (Å²) in [5.74, 6) is 2.97. The summed E-state index contributed by atoms with van der Waals surface area (Å²) in [6.45, 7) is 0. The van der Waals surface area contributed by atoms with Crippen LogP contribution in [0.25, 0.3) is 34.7 Å². The van der Waals surface area contributed by atoms with Crippen molar-refractivity contribution < 1.29 is 0 Å². The highest BCUT2D eigenvalue weighted by atomic mass is 15.3. The van der Waals surface area contributed by atoms with Gasteiger partial charge in [0.2, 0.25) is 0 Å². The normalized spacial score (nSPS) is 28.7. The van der Waals surface area contributed by atoms with Gasteiger partial charge in [-0.05, 0) is 138 Å². The molecule has 7 aliphatic carbocycles. The van der Waals surface area contributed by atoms with Gasteiger partial charge in [-0.2, -0.15) is 0 Å². The Hall–Kier alpha value is -7.21. The number of amidine groups is 1. The van der Waals surface area contributed by atoms with Crippen LogP contribution < -0.4 is 26.1 Å². The Labute approximate surface area is 411 Å². The zero-order chi connectivity index (χ0) is 46.1. The summed E-state index contributed by atoms with van der Waals surface area (Å²) in [7, 11) is 0. The van der Waals surface area contributed by atoms with E-state index in [0.717, 1.165) is 37.1 Å². The Balaban J connectivity index is 0.814. The number of nitrogens with zero attached hydrogens (tertiary/aromatic N) is 3. The number of hydrogen-bond acceptors (Lipinski definition) is 4. The second kappa shape index (κ2) is 17.3. The van der Waals surface area contributed by atoms with Crippen LogP contribution in [-0.2, 0) is 6.42 Å². The lowest BCUT2D eigenvalue weighted by molar-refractivity contribution is 0.381. The molecule has 5 heteroatoms. The molecule has 5 aromatic rings. The molecule has 1 aromatic heterocycles. The van der Waals surface area contributed by atoms with Gasteiger partial charge in [0.1, 0.15) is 18.2 Å². The number of allylic oxidation sites excluding steroid dienone is 14. The number of aromatic nitrogens is 1. The minimum Gasteiger partial charge on any atom is -0.356 e. The van der Waals surface area contributed by atoms with Gasteiger partial charge in [0.25, 0.3) is 0 Å². The zero-order valence-corrected chi connectivity index (χ0v) is 39.6. The van der Waals surface area contributed by atoms with Crippen molar-refractivity contribution in [3.8, 4) is 5.69 Å². The Morgan fingerprint density at radius 3 is 2.40 bits per heavy atom. The van der Waals surface area contributed by atoms with Crippen molar-refractivity contribution >= 4 is 40.5 Å². The lowest BCUT2D eigenvalue weighted by Crippen LogP contribution is -2.49. The molecule has 2 aliphatic heterocycles. The highest BCUT2D eigenvalue weighted by Crippen LogP contribution is 2.49. The molecule has 3 heterocycles. The van der Waals surface area contributed by atoms with E-state index >= 15 is 0 Å². The highest BCUT2D eigenvalue weighted by molar-refractivity contribution is 6.00. The zero-order valence-electron chi connectivity index (χ0n) is 39.6. The van der Waals surface area contributed by atoms with Crippen molar-refractivity contribution in [1.82, 2.24) is 15.2 Å². The number of benzene rings is 4. The number of nitrogens with one attached hydrogen (secondary N) is 2. The van der Waals surface area contributed by atoms with Gasteiger partial charge in [-0.1, -0.05) is 164 Å². The molecule has 0 saturated heterocycles. The summed E-state index contributed by atoms with van der Waals surface area (Å²) in [6, 6.07) is 32.6. The van der Waals surface area contributed by atoms with E-state index in [2.05, 4.69) is 227 Å². The Morgan fingerprint density at radius 1 is 0.671 bits per heavy atom. The molecule has 9 unspecified atom stereocenters. The van der Waals surface area contributed by atoms with Crippen LogP contribution in [0.4, 0.5) is 5.69 Å². The fourth-order valence-corrected chi connectivity index (χ4v) is 13.3. The number of hydrogen-bond donors (Lipinski definition) is 2. The molecule has 2 N–H and O–H groups in total. The van der Waals surface area contributed by atoms with Gasteiger partial charge >= 0.3 is 0 Å². The van der Waals surface area contributed by atoms with Crippen LogP contribution >= 0.6 is 0 Å². The second-order valence-electron chi connectivity index (χ2n) is 20.8. The molecule has 344 valence electrons. The lowest BCUT2D eigenvalue weighted by Gasteiger charge is -2.40. The molecule has 0 spiro atoms. The van der Waals surface area contributed by atoms with Crippen molar-refractivity contribution in [1.29, 1.82) is 0 Å². The van der Waals surface area contributed by atoms with E-state index in [1.54, 1.807) is 0 Å². The SMILES string of the molecule is C1=CCC(c2cccc(C3NC(c4ccc(-n5c6c(c7c5=CC5=CC=CC(N8c9cc%10ccccc%10cc9C9C=CC=CC98)C5C=7)C=CCC6)cc4)=NC(C4=CC=CC(C5C=CCCC5)C4)N3)c2)C=C1. The third-order valence-electron chi connectivity index (χ3n) is 16.7. The van der Waals surface area contributed by atoms with Gasteiger partial charge in [-0.3, -0.25) is 5.32 Å². The van der Waals surface area contributed by atoms with Gasteiger partial charge in [0, 0.05) is 51.2 Å². The van der Waals surface area contributed by atoms with Crippen molar-refractivity contribution in [3.05, 3.63) is 243 Å². The van der Waals surface area contributed by atoms with E-state index < -0.39 is 0 Å². The maximum absolute atomic E-state index is 5.52. The molecule has 0 saturated carbocycles. The standard InChI is InChI=1S/C65H59N5/c1-3-16-42(17-4-1)45-22-13-25-50(36-45)64-66-63(67-65(68-64)51-26-14-23-46(37-51)43-18-5-2-6-19-43)44-32-34-52(35-33-44)69-58-29-11-9-28-54(58)57-41-55-49(40-61(57)69)24-15-31-60(55)70-59-30-12-10-27-53(59)56-38-47-20-7-8-21-48(47)39-62(56)70/h1,3-5,7-10,12-16,18,20-28,30-36,38-43,46,53,55,59-60,64-65,68H,2,6,11,17,19,29,37H2,(H,66,67). The lowest BCUT2D eigenvalue weighted by atomic mass is 9.78. The summed E-state index contributed by atoms with van der Waals surface area (Å²) in [5.41, 5.74) is 13.2. The minimum atomic E-state index is -0.137. The van der Waals surface area contributed by atoms with E-state index in [1.807, 2.05) is 0 Å². The van der Waals surface area contributed by atoms with Crippen molar-refractivity contribution in [2.75, 3.05) is 4.90 Å². The molecular weight excluding hydrogens is 851 g/mol. The van der Waals surface area contributed by atoms with Crippen molar-refractivity contribution in [2.45, 2.75) is 81.2 Å². The summed E-state index contributed by atoms with van der Waals surface area (Å²) >= 11 is 0. The van der Waals surface area contributed by atoms with E-state index in [1.165, 1.54) is 91.1 Å². The molecule has 70 heavy (non-hydrogen) atoms. The van der Waals surface area contributed by atoms with Crippen LogP contribution in [0.1, 0.15) is 90.0 Å². The molecule has 14 rings (SSSR count). The fraction of sp³-hybridized carbons (Fsp3) is 0.246. The van der Waals surface area contributed by atoms with Crippen LogP contribution in [0.15, 0.2) is 204 Å². The molecule has 4 aromatic carbocycles. The third-order valence-corrected chi connectivity index (χ3v) is 16.7. The first kappa shape index (κ1) is 41.7. The number of rotatable bonds is 7. The number of aliphatic imine (C=N–C) groups is 1. The van der Waals surface area contributed by atoms with E-state index in [0.29, 0.717) is 23.7 Å². The van der Waals surface area contributed by atoms with Crippen LogP contribution in [0.5, 0.6) is 0 Å². The van der Waals surface area contributed by atoms with Crippen LogP contribution in [0.2, 0.25) is 0 Å². The molecule has 9 atom stereocenters. The van der Waals surface area contributed by atoms with E-state index in [9.17, 15) is 0 Å². The van der Waals surface area contributed by atoms with Crippen LogP contribution in [0.3, 0.4) is 0 Å². The second-order valence-corrected chi connectivity index (χ2v) is 20.8. The summed E-state index contributed by atoms with van der Waals surface area (Å²) in [6.07, 6.45) is 54.8. The summed E-state index contributed by atoms with van der Waals surface area (Å²) < 4.78 is 2.56. The highest BCUT2D eigenvalue weighted by Gasteiger charge is 2.43. The van der Waals surface area contributed by atoms with Crippen molar-refractivity contribution in [3.63, 3.8) is 0 Å². The maximum atomic E-state index is 5.52. The quantitative estimate of drug-likeness (QED) is 0.160. The van der Waals surface area contributed by atoms with Gasteiger partial charge in [0.05, 0.1) is 17.4 Å². The van der Waals surface area contributed by atoms with Gasteiger partial charge in [-0.25, -0.2) is 4.99 Å². The Bertz CT molecular complexity index is 3430. The molecule has 5 nitrogen and oxygen atoms in total. The Kier molecular flexibility index (Phi) is 10.3. The van der Waals surface area contributed by atoms with Crippen LogP contribution in [0, 0.1) is 17.8 Å². The van der Waals surface area contributed by atoms with Gasteiger partial charge < -0.3 is 14.8 Å². The van der Waals surface area contributed by atoms with Gasteiger partial charge in [-0.15, -0.1) is 0 Å². The van der Waals surface area contributed by atoms with Gasteiger partial charge in [0.15, 0.2) is 0 Å². The van der Waals surface area contributed by atoms with Crippen LogP contribution in [-0.4, -0.2) is 28.7 Å². The minimum absolute atomic E-state index is 0.0973. The third kappa shape index (κ3) is 7.20. The monoisotopic (exact) mass is 909 g/mol. The first-order valence-corrected chi connectivity index (χ1v) is 26.0. The van der Waals surface area contributed by atoms with E-state index in [-0.39, 0.29) is 30.3 Å². The molecule has 9 aliphatic rings. The molecule has 0 radical (unpaired) electrons. The van der Waals surface area contributed by atoms with E-state index in [4.69, 9.17) is 4.99 Å². The fourth-order valence-electron chi connectivity index (χ4n) is 13.3. The average molecular weight is 910 g/mol. The smallest absolute Gasteiger partial charge is 0.131 e. The predicted octanol–water partition coefficient (Wildman–Crippen LogP) is 12.2. The Morgan fingerprint density at radius 2 is 1.51 bits per heavy atom. The number of anilines is 1. The predicted molar refractivity (Wildman–Crippen MR) is 290 cm³/mol. The molecule has 0 bridgehead atoms. The summed E-state index contributed by atoms with van der Waals surface area (Å²) in [4.78, 5) is 8.25. The first-order chi connectivity index (χ1) is 34.7. The largest absolute Gasteiger partial charge is 0.356 e. The average Bonchev–Trinajstić information content (AvgIpc) is 3.93. The summed E-state index contributed by atoms with van der Waals surface area (Å²) in [5, 5.41) is 13.1. The maximum Gasteiger partial charge on any atom is 0.131 e. The molecule has 0 fully saturated rings.